The van der Waals surface area contributed by atoms with Crippen molar-refractivity contribution in [3.63, 3.8) is 0 Å². The second kappa shape index (κ2) is 5.67. The molecule has 0 aliphatic heterocycles. The van der Waals surface area contributed by atoms with Crippen molar-refractivity contribution >= 4 is 16.7 Å². The van der Waals surface area contributed by atoms with E-state index in [0.29, 0.717) is 5.92 Å². The molecule has 1 aromatic carbocycles. The van der Waals surface area contributed by atoms with Gasteiger partial charge < -0.3 is 10.4 Å². The maximum atomic E-state index is 9.47. The number of nitrogens with one attached hydrogen (secondary N) is 1. The zero-order valence-corrected chi connectivity index (χ0v) is 11.4. The number of hydrogen-bond donors (Lipinski definition) is 2. The lowest BCUT2D eigenvalue weighted by Gasteiger charge is -2.15. The summed E-state index contributed by atoms with van der Waals surface area (Å²) >= 11 is 1.39. The predicted octanol–water partition coefficient (Wildman–Crippen LogP) is 2.43. The minimum absolute atomic E-state index is 0.0117. The van der Waals surface area contributed by atoms with E-state index >= 15 is 0 Å². The van der Waals surface area contributed by atoms with E-state index < -0.39 is 0 Å². The highest BCUT2D eigenvalue weighted by Crippen LogP contribution is 2.39. The highest BCUT2D eigenvalue weighted by molar-refractivity contribution is 7.09. The number of aliphatic hydroxyl groups is 1. The summed E-state index contributed by atoms with van der Waals surface area (Å²) in [4.78, 5) is 4.49. The third-order valence-corrected chi connectivity index (χ3v) is 3.92. The van der Waals surface area contributed by atoms with E-state index in [4.69, 9.17) is 0 Å². The second-order valence-corrected chi connectivity index (χ2v) is 5.70. The number of nitrogens with zero attached hydrogens (tertiary/aromatic N) is 2. The average molecular weight is 275 g/mol. The first-order chi connectivity index (χ1) is 9.35. The number of anilines is 1. The van der Waals surface area contributed by atoms with Crippen LogP contribution >= 0.6 is 11.5 Å². The van der Waals surface area contributed by atoms with Gasteiger partial charge >= 0.3 is 0 Å². The predicted molar refractivity (Wildman–Crippen MR) is 76.5 cm³/mol. The van der Waals surface area contributed by atoms with Crippen LogP contribution in [0.3, 0.4) is 0 Å². The highest BCUT2D eigenvalue weighted by atomic mass is 32.1. The van der Waals surface area contributed by atoms with Gasteiger partial charge in [0.25, 0.3) is 0 Å². The lowest BCUT2D eigenvalue weighted by atomic mass is 10.1. The molecule has 0 saturated heterocycles. The molecule has 1 fully saturated rings. The van der Waals surface area contributed by atoms with Crippen LogP contribution in [0.5, 0.6) is 0 Å². The van der Waals surface area contributed by atoms with Crippen molar-refractivity contribution in [2.75, 3.05) is 11.9 Å². The van der Waals surface area contributed by atoms with E-state index in [-0.39, 0.29) is 12.6 Å². The summed E-state index contributed by atoms with van der Waals surface area (Å²) in [5.74, 6) is 1.54. The van der Waals surface area contributed by atoms with Crippen LogP contribution in [-0.2, 0) is 6.42 Å². The van der Waals surface area contributed by atoms with Crippen LogP contribution in [0.4, 0.5) is 5.13 Å². The third kappa shape index (κ3) is 3.30. The number of hydrogen-bond acceptors (Lipinski definition) is 5. The van der Waals surface area contributed by atoms with Gasteiger partial charge in [0.05, 0.1) is 12.6 Å². The lowest BCUT2D eigenvalue weighted by Crippen LogP contribution is -2.26. The van der Waals surface area contributed by atoms with Crippen LogP contribution < -0.4 is 5.32 Å². The first kappa shape index (κ1) is 12.6. The van der Waals surface area contributed by atoms with Crippen molar-refractivity contribution < 1.29 is 5.11 Å². The molecule has 0 radical (unpaired) electrons. The Labute approximate surface area is 116 Å². The normalized spacial score (nSPS) is 16.3. The molecule has 19 heavy (non-hydrogen) atoms. The first-order valence-corrected chi connectivity index (χ1v) is 7.37. The Balaban J connectivity index is 1.62. The summed E-state index contributed by atoms with van der Waals surface area (Å²) < 4.78 is 4.36. The number of aliphatic hydroxyl groups excluding tert-OH is 1. The van der Waals surface area contributed by atoms with Crippen molar-refractivity contribution in [2.24, 2.45) is 0 Å². The lowest BCUT2D eigenvalue weighted by molar-refractivity contribution is 0.273. The maximum Gasteiger partial charge on any atom is 0.202 e. The molecule has 5 heteroatoms. The molecule has 0 amide bonds. The van der Waals surface area contributed by atoms with Gasteiger partial charge in [-0.1, -0.05) is 30.3 Å². The summed E-state index contributed by atoms with van der Waals surface area (Å²) in [5.41, 5.74) is 1.21. The third-order valence-electron chi connectivity index (χ3n) is 3.26. The molecule has 1 atom stereocenters. The Hall–Kier alpha value is -1.46. The summed E-state index contributed by atoms with van der Waals surface area (Å²) in [6, 6.07) is 10.2. The molecule has 1 unspecified atom stereocenters. The Morgan fingerprint density at radius 2 is 2.11 bits per heavy atom. The molecule has 0 spiro atoms. The van der Waals surface area contributed by atoms with E-state index in [2.05, 4.69) is 26.8 Å². The molecule has 1 aromatic heterocycles. The summed E-state index contributed by atoms with van der Waals surface area (Å²) in [6.07, 6.45) is 3.21. The molecule has 1 aliphatic carbocycles. The molecular weight excluding hydrogens is 258 g/mol. The van der Waals surface area contributed by atoms with Gasteiger partial charge in [0.15, 0.2) is 0 Å². The molecular formula is C14H17N3OS. The van der Waals surface area contributed by atoms with Gasteiger partial charge in [-0.15, -0.1) is 0 Å². The minimum atomic E-state index is -0.0117. The standard InChI is InChI=1S/C14H17N3OS/c18-9-12(8-10-4-2-1-3-5-10)15-14-16-13(17-19-14)11-6-7-11/h1-5,11-12,18H,6-9H2,(H,15,16,17). The van der Waals surface area contributed by atoms with Gasteiger partial charge in [-0.2, -0.15) is 4.37 Å². The van der Waals surface area contributed by atoms with Crippen molar-refractivity contribution in [1.29, 1.82) is 0 Å². The molecule has 1 saturated carbocycles. The van der Waals surface area contributed by atoms with Gasteiger partial charge in [0.2, 0.25) is 5.13 Å². The summed E-state index contributed by atoms with van der Waals surface area (Å²) in [6.45, 7) is 0.0905. The molecule has 0 bridgehead atoms. The fraction of sp³-hybridized carbons (Fsp3) is 0.429. The molecule has 2 N–H and O–H groups in total. The van der Waals surface area contributed by atoms with Gasteiger partial charge in [-0.25, -0.2) is 4.98 Å². The van der Waals surface area contributed by atoms with Crippen molar-refractivity contribution in [1.82, 2.24) is 9.36 Å². The van der Waals surface area contributed by atoms with Crippen LogP contribution in [0.2, 0.25) is 0 Å². The van der Waals surface area contributed by atoms with Crippen LogP contribution in [0.25, 0.3) is 0 Å². The molecule has 1 aliphatic rings. The smallest absolute Gasteiger partial charge is 0.202 e. The molecule has 1 heterocycles. The Kier molecular flexibility index (Phi) is 3.75. The highest BCUT2D eigenvalue weighted by Gasteiger charge is 2.28. The fourth-order valence-corrected chi connectivity index (χ4v) is 2.76. The van der Waals surface area contributed by atoms with Crippen LogP contribution in [0, 0.1) is 0 Å². The topological polar surface area (TPSA) is 58.0 Å². The van der Waals surface area contributed by atoms with E-state index in [1.54, 1.807) is 0 Å². The first-order valence-electron chi connectivity index (χ1n) is 6.60. The number of rotatable bonds is 6. The van der Waals surface area contributed by atoms with Crippen LogP contribution in [-0.4, -0.2) is 27.1 Å². The summed E-state index contributed by atoms with van der Waals surface area (Å²) in [7, 11) is 0. The second-order valence-electron chi connectivity index (χ2n) is 4.95. The van der Waals surface area contributed by atoms with Gasteiger partial charge in [0, 0.05) is 17.5 Å². The number of benzene rings is 1. The zero-order valence-electron chi connectivity index (χ0n) is 10.6. The van der Waals surface area contributed by atoms with Crippen LogP contribution in [0.1, 0.15) is 30.1 Å². The fourth-order valence-electron chi connectivity index (χ4n) is 2.04. The van der Waals surface area contributed by atoms with Gasteiger partial charge in [-0.3, -0.25) is 0 Å². The van der Waals surface area contributed by atoms with Crippen molar-refractivity contribution in [3.05, 3.63) is 41.7 Å². The Morgan fingerprint density at radius 1 is 1.32 bits per heavy atom. The van der Waals surface area contributed by atoms with E-state index in [9.17, 15) is 5.11 Å². The monoisotopic (exact) mass is 275 g/mol. The largest absolute Gasteiger partial charge is 0.394 e. The Morgan fingerprint density at radius 3 is 2.79 bits per heavy atom. The zero-order chi connectivity index (χ0) is 13.1. The van der Waals surface area contributed by atoms with Gasteiger partial charge in [0.1, 0.15) is 5.82 Å². The van der Waals surface area contributed by atoms with Gasteiger partial charge in [-0.05, 0) is 24.8 Å². The Bertz CT molecular complexity index is 524. The quantitative estimate of drug-likeness (QED) is 0.850. The molecule has 4 nitrogen and oxygen atoms in total. The number of aromatic nitrogens is 2. The molecule has 100 valence electrons. The van der Waals surface area contributed by atoms with E-state index in [1.165, 1.54) is 29.9 Å². The summed E-state index contributed by atoms with van der Waals surface area (Å²) in [5, 5.41) is 13.6. The average Bonchev–Trinajstić information content (AvgIpc) is 3.20. The molecule has 2 aromatic rings. The van der Waals surface area contributed by atoms with E-state index in [0.717, 1.165) is 17.4 Å². The minimum Gasteiger partial charge on any atom is -0.394 e. The van der Waals surface area contributed by atoms with Crippen molar-refractivity contribution in [3.8, 4) is 0 Å². The van der Waals surface area contributed by atoms with Crippen LogP contribution in [0.15, 0.2) is 30.3 Å². The van der Waals surface area contributed by atoms with E-state index in [1.807, 2.05) is 18.2 Å². The molecule has 3 rings (SSSR count). The maximum absolute atomic E-state index is 9.47. The van der Waals surface area contributed by atoms with Crippen molar-refractivity contribution in [2.45, 2.75) is 31.2 Å². The SMILES string of the molecule is OCC(Cc1ccccc1)Nc1nc(C2CC2)ns1.